The summed E-state index contributed by atoms with van der Waals surface area (Å²) in [5.41, 5.74) is 3.26. The molecule has 0 bridgehead atoms. The van der Waals surface area contributed by atoms with E-state index in [2.05, 4.69) is 4.98 Å². The van der Waals surface area contributed by atoms with Crippen molar-refractivity contribution >= 4 is 5.97 Å². The molecular formula is C14H16N2O2. The van der Waals surface area contributed by atoms with Crippen molar-refractivity contribution in [2.45, 2.75) is 20.3 Å². The number of carboxylic acid groups (broad SMARTS) is 1. The number of rotatable bonds is 3. The van der Waals surface area contributed by atoms with Crippen molar-refractivity contribution in [3.05, 3.63) is 52.6 Å². The minimum Gasteiger partial charge on any atom is -0.478 e. The van der Waals surface area contributed by atoms with Crippen molar-refractivity contribution < 1.29 is 9.90 Å². The van der Waals surface area contributed by atoms with E-state index in [0.29, 0.717) is 12.0 Å². The van der Waals surface area contributed by atoms with Gasteiger partial charge in [0.15, 0.2) is 0 Å². The highest BCUT2D eigenvalue weighted by Gasteiger charge is 2.12. The number of nitrogens with zero attached hydrogens (tertiary/aromatic N) is 2. The lowest BCUT2D eigenvalue weighted by Crippen LogP contribution is -2.05. The average Bonchev–Trinajstić information content (AvgIpc) is 2.67. The largest absolute Gasteiger partial charge is 0.478 e. The Labute approximate surface area is 106 Å². The van der Waals surface area contributed by atoms with Gasteiger partial charge in [-0.05, 0) is 36.6 Å². The number of benzene rings is 1. The van der Waals surface area contributed by atoms with Gasteiger partial charge in [-0.15, -0.1) is 0 Å². The second kappa shape index (κ2) is 4.64. The first kappa shape index (κ1) is 12.4. The maximum atomic E-state index is 11.1. The minimum absolute atomic E-state index is 0.366. The zero-order valence-corrected chi connectivity index (χ0v) is 10.8. The summed E-state index contributed by atoms with van der Waals surface area (Å²) >= 11 is 0. The maximum absolute atomic E-state index is 11.1. The number of carbonyl (C=O) groups is 1. The summed E-state index contributed by atoms with van der Waals surface area (Å²) < 4.78 is 1.94. The number of hydrogen-bond acceptors (Lipinski definition) is 2. The van der Waals surface area contributed by atoms with Crippen molar-refractivity contribution in [1.29, 1.82) is 0 Å². The fraction of sp³-hybridized carbons (Fsp3) is 0.286. The van der Waals surface area contributed by atoms with Crippen molar-refractivity contribution in [1.82, 2.24) is 9.55 Å². The molecule has 0 spiro atoms. The molecule has 1 aromatic heterocycles. The van der Waals surface area contributed by atoms with Crippen LogP contribution in [0.5, 0.6) is 0 Å². The number of carboxylic acids is 1. The van der Waals surface area contributed by atoms with E-state index >= 15 is 0 Å². The van der Waals surface area contributed by atoms with Gasteiger partial charge in [0.2, 0.25) is 0 Å². The number of hydrogen-bond donors (Lipinski definition) is 1. The van der Waals surface area contributed by atoms with Gasteiger partial charge < -0.3 is 9.67 Å². The Kier molecular flexibility index (Phi) is 3.19. The zero-order valence-electron chi connectivity index (χ0n) is 10.8. The van der Waals surface area contributed by atoms with Crippen LogP contribution in [0.25, 0.3) is 0 Å². The molecule has 18 heavy (non-hydrogen) atoms. The maximum Gasteiger partial charge on any atom is 0.335 e. The summed E-state index contributed by atoms with van der Waals surface area (Å²) in [6.07, 6.45) is 4.28. The van der Waals surface area contributed by atoms with Crippen LogP contribution in [0.15, 0.2) is 24.5 Å². The number of aryl methyl sites for hydroxylation is 3. The van der Waals surface area contributed by atoms with E-state index in [9.17, 15) is 4.79 Å². The average molecular weight is 244 g/mol. The summed E-state index contributed by atoms with van der Waals surface area (Å²) in [5, 5.41) is 9.14. The molecule has 0 amide bonds. The predicted molar refractivity (Wildman–Crippen MR) is 68.9 cm³/mol. The van der Waals surface area contributed by atoms with Crippen LogP contribution in [0.4, 0.5) is 0 Å². The SMILES string of the molecule is Cc1cc(C)c(C(=O)O)cc1Cc1nccn1C. The standard InChI is InChI=1S/C14H16N2O2/c1-9-6-10(2)12(14(17)18)7-11(9)8-13-15-4-5-16(13)3/h4-7H,8H2,1-3H3,(H,17,18). The first-order valence-corrected chi connectivity index (χ1v) is 5.78. The highest BCUT2D eigenvalue weighted by molar-refractivity contribution is 5.89. The summed E-state index contributed by atoms with van der Waals surface area (Å²) in [4.78, 5) is 15.4. The molecule has 1 heterocycles. The molecule has 0 unspecified atom stereocenters. The van der Waals surface area contributed by atoms with Gasteiger partial charge in [0, 0.05) is 25.9 Å². The van der Waals surface area contributed by atoms with Gasteiger partial charge in [0.25, 0.3) is 0 Å². The van der Waals surface area contributed by atoms with Gasteiger partial charge in [-0.25, -0.2) is 9.78 Å². The third kappa shape index (κ3) is 2.27. The van der Waals surface area contributed by atoms with Gasteiger partial charge in [0.1, 0.15) is 5.82 Å². The Morgan fingerprint density at radius 2 is 2.06 bits per heavy atom. The molecule has 4 nitrogen and oxygen atoms in total. The van der Waals surface area contributed by atoms with Crippen LogP contribution >= 0.6 is 0 Å². The van der Waals surface area contributed by atoms with E-state index < -0.39 is 5.97 Å². The molecule has 0 aliphatic heterocycles. The molecule has 2 aromatic rings. The van der Waals surface area contributed by atoms with E-state index in [1.165, 1.54) is 0 Å². The molecule has 94 valence electrons. The van der Waals surface area contributed by atoms with Crippen LogP contribution in [0.1, 0.15) is 32.9 Å². The molecule has 0 saturated carbocycles. The van der Waals surface area contributed by atoms with E-state index in [-0.39, 0.29) is 0 Å². The lowest BCUT2D eigenvalue weighted by molar-refractivity contribution is 0.0696. The molecule has 0 saturated heterocycles. The van der Waals surface area contributed by atoms with Crippen LogP contribution in [-0.4, -0.2) is 20.6 Å². The second-order valence-electron chi connectivity index (χ2n) is 4.53. The normalized spacial score (nSPS) is 10.6. The topological polar surface area (TPSA) is 55.1 Å². The summed E-state index contributed by atoms with van der Waals surface area (Å²) in [7, 11) is 1.93. The Morgan fingerprint density at radius 1 is 1.33 bits per heavy atom. The van der Waals surface area contributed by atoms with Crippen LogP contribution in [0, 0.1) is 13.8 Å². The molecule has 0 fully saturated rings. The molecule has 1 aromatic carbocycles. The van der Waals surface area contributed by atoms with Gasteiger partial charge in [0.05, 0.1) is 5.56 Å². The molecule has 0 atom stereocenters. The van der Waals surface area contributed by atoms with Gasteiger partial charge in [-0.3, -0.25) is 0 Å². The summed E-state index contributed by atoms with van der Waals surface area (Å²) in [5.74, 6) is 0.0480. The fourth-order valence-electron chi connectivity index (χ4n) is 2.06. The molecule has 0 aliphatic carbocycles. The van der Waals surface area contributed by atoms with Crippen molar-refractivity contribution in [2.75, 3.05) is 0 Å². The Balaban J connectivity index is 2.42. The molecule has 2 rings (SSSR count). The molecule has 4 heteroatoms. The Morgan fingerprint density at radius 3 is 2.61 bits per heavy atom. The number of aromatic carboxylic acids is 1. The summed E-state index contributed by atoms with van der Waals surface area (Å²) in [6, 6.07) is 3.67. The number of imidazole rings is 1. The minimum atomic E-state index is -0.881. The van der Waals surface area contributed by atoms with Crippen LogP contribution in [-0.2, 0) is 13.5 Å². The van der Waals surface area contributed by atoms with Crippen LogP contribution in [0.2, 0.25) is 0 Å². The van der Waals surface area contributed by atoms with E-state index in [4.69, 9.17) is 5.11 Å². The summed E-state index contributed by atoms with van der Waals surface area (Å²) in [6.45, 7) is 3.82. The molecule has 0 aliphatic rings. The van der Waals surface area contributed by atoms with Crippen LogP contribution < -0.4 is 0 Å². The smallest absolute Gasteiger partial charge is 0.335 e. The predicted octanol–water partition coefficient (Wildman–Crippen LogP) is 2.33. The Hall–Kier alpha value is -2.10. The first-order chi connectivity index (χ1) is 8.49. The third-order valence-electron chi connectivity index (χ3n) is 3.18. The first-order valence-electron chi connectivity index (χ1n) is 5.78. The van der Waals surface area contributed by atoms with Crippen molar-refractivity contribution in [2.24, 2.45) is 7.05 Å². The molecule has 0 radical (unpaired) electrons. The highest BCUT2D eigenvalue weighted by atomic mass is 16.4. The lowest BCUT2D eigenvalue weighted by atomic mass is 9.98. The van der Waals surface area contributed by atoms with E-state index in [1.54, 1.807) is 12.3 Å². The van der Waals surface area contributed by atoms with Crippen LogP contribution in [0.3, 0.4) is 0 Å². The number of aromatic nitrogens is 2. The van der Waals surface area contributed by atoms with Crippen molar-refractivity contribution in [3.8, 4) is 0 Å². The Bertz CT molecular complexity index is 600. The fourth-order valence-corrected chi connectivity index (χ4v) is 2.06. The third-order valence-corrected chi connectivity index (χ3v) is 3.18. The van der Waals surface area contributed by atoms with Crippen molar-refractivity contribution in [3.63, 3.8) is 0 Å². The monoisotopic (exact) mass is 244 g/mol. The van der Waals surface area contributed by atoms with Gasteiger partial charge >= 0.3 is 5.97 Å². The van der Waals surface area contributed by atoms with E-state index in [1.807, 2.05) is 37.7 Å². The lowest BCUT2D eigenvalue weighted by Gasteiger charge is -2.10. The quantitative estimate of drug-likeness (QED) is 0.901. The molecular weight excluding hydrogens is 228 g/mol. The highest BCUT2D eigenvalue weighted by Crippen LogP contribution is 2.18. The van der Waals surface area contributed by atoms with E-state index in [0.717, 1.165) is 22.5 Å². The zero-order chi connectivity index (χ0) is 13.3. The van der Waals surface area contributed by atoms with Gasteiger partial charge in [-0.1, -0.05) is 6.07 Å². The second-order valence-corrected chi connectivity index (χ2v) is 4.53. The van der Waals surface area contributed by atoms with Gasteiger partial charge in [-0.2, -0.15) is 0 Å². The molecule has 1 N–H and O–H groups in total.